The summed E-state index contributed by atoms with van der Waals surface area (Å²) in [7, 11) is 0. The van der Waals surface area contributed by atoms with Crippen LogP contribution in [0.5, 0.6) is 0 Å². The molecular formula is C16H14FN. The average molecular weight is 239 g/mol. The molecule has 0 unspecified atom stereocenters. The average Bonchev–Trinajstić information content (AvgIpc) is 2.39. The number of nitrogens with one attached hydrogen (secondary N) is 1. The van der Waals surface area contributed by atoms with Crippen molar-refractivity contribution in [2.45, 2.75) is 13.5 Å². The molecule has 1 aliphatic rings. The molecule has 0 saturated heterocycles. The van der Waals surface area contributed by atoms with Crippen molar-refractivity contribution in [3.05, 3.63) is 70.5 Å². The third kappa shape index (κ3) is 2.02. The molecule has 0 aromatic heterocycles. The van der Waals surface area contributed by atoms with Crippen LogP contribution >= 0.6 is 0 Å². The van der Waals surface area contributed by atoms with Crippen LogP contribution in [-0.4, -0.2) is 0 Å². The van der Waals surface area contributed by atoms with Gasteiger partial charge in [-0.2, -0.15) is 0 Å². The Morgan fingerprint density at radius 3 is 2.61 bits per heavy atom. The molecule has 0 saturated carbocycles. The van der Waals surface area contributed by atoms with Crippen LogP contribution in [0, 0.1) is 12.7 Å². The maximum atomic E-state index is 12.9. The van der Waals surface area contributed by atoms with Crippen molar-refractivity contribution >= 4 is 11.8 Å². The summed E-state index contributed by atoms with van der Waals surface area (Å²) >= 11 is 0. The van der Waals surface area contributed by atoms with Gasteiger partial charge in [0.1, 0.15) is 5.82 Å². The van der Waals surface area contributed by atoms with Crippen LogP contribution < -0.4 is 5.32 Å². The van der Waals surface area contributed by atoms with Crippen LogP contribution in [0.25, 0.3) is 11.8 Å². The summed E-state index contributed by atoms with van der Waals surface area (Å²) in [5, 5.41) is 3.38. The van der Waals surface area contributed by atoms with Crippen LogP contribution in [0.3, 0.4) is 0 Å². The van der Waals surface area contributed by atoms with E-state index in [-0.39, 0.29) is 5.82 Å². The molecule has 0 aliphatic carbocycles. The van der Waals surface area contributed by atoms with E-state index in [0.29, 0.717) is 0 Å². The molecule has 2 aromatic rings. The van der Waals surface area contributed by atoms with Gasteiger partial charge in [0.15, 0.2) is 0 Å². The Kier molecular flexibility index (Phi) is 2.63. The summed E-state index contributed by atoms with van der Waals surface area (Å²) in [5.41, 5.74) is 5.88. The molecule has 0 spiro atoms. The lowest BCUT2D eigenvalue weighted by Gasteiger charge is -2.19. The largest absolute Gasteiger partial charge is 0.380 e. The van der Waals surface area contributed by atoms with E-state index in [1.54, 1.807) is 12.1 Å². The number of benzene rings is 2. The molecule has 1 nitrogen and oxygen atoms in total. The van der Waals surface area contributed by atoms with Crippen LogP contribution in [0.2, 0.25) is 0 Å². The van der Waals surface area contributed by atoms with Crippen LogP contribution in [0.15, 0.2) is 42.5 Å². The SMILES string of the molecule is Cc1ccc2c(c1)CNC(c1ccc(F)cc1)=C2. The van der Waals surface area contributed by atoms with Crippen molar-refractivity contribution < 1.29 is 4.39 Å². The van der Waals surface area contributed by atoms with E-state index in [0.717, 1.165) is 17.8 Å². The minimum atomic E-state index is -0.203. The summed E-state index contributed by atoms with van der Waals surface area (Å²) in [5.74, 6) is -0.203. The van der Waals surface area contributed by atoms with E-state index >= 15 is 0 Å². The fraction of sp³-hybridized carbons (Fsp3) is 0.125. The maximum absolute atomic E-state index is 12.9. The molecule has 18 heavy (non-hydrogen) atoms. The first-order valence-corrected chi connectivity index (χ1v) is 6.03. The number of aryl methyl sites for hydroxylation is 1. The summed E-state index contributed by atoms with van der Waals surface area (Å²) in [6.07, 6.45) is 2.12. The van der Waals surface area contributed by atoms with Crippen molar-refractivity contribution in [1.82, 2.24) is 5.32 Å². The first-order chi connectivity index (χ1) is 8.72. The molecule has 0 fully saturated rings. The highest BCUT2D eigenvalue weighted by Gasteiger charge is 2.10. The van der Waals surface area contributed by atoms with Gasteiger partial charge in [0.25, 0.3) is 0 Å². The monoisotopic (exact) mass is 239 g/mol. The van der Waals surface area contributed by atoms with Crippen molar-refractivity contribution in [3.63, 3.8) is 0 Å². The number of hydrogen-bond donors (Lipinski definition) is 1. The second-order valence-corrected chi connectivity index (χ2v) is 4.62. The Labute approximate surface area is 106 Å². The van der Waals surface area contributed by atoms with Gasteiger partial charge < -0.3 is 5.32 Å². The number of rotatable bonds is 1. The number of fused-ring (bicyclic) bond motifs is 1. The normalized spacial score (nSPS) is 13.6. The van der Waals surface area contributed by atoms with Crippen LogP contribution in [0.1, 0.15) is 22.3 Å². The zero-order valence-electron chi connectivity index (χ0n) is 10.2. The first kappa shape index (κ1) is 11.0. The van der Waals surface area contributed by atoms with E-state index in [9.17, 15) is 4.39 Å². The maximum Gasteiger partial charge on any atom is 0.123 e. The molecule has 0 radical (unpaired) electrons. The molecule has 0 bridgehead atoms. The number of hydrogen-bond acceptors (Lipinski definition) is 1. The van der Waals surface area contributed by atoms with E-state index in [4.69, 9.17) is 0 Å². The second-order valence-electron chi connectivity index (χ2n) is 4.62. The van der Waals surface area contributed by atoms with Gasteiger partial charge in [0.2, 0.25) is 0 Å². The molecule has 1 aliphatic heterocycles. The first-order valence-electron chi connectivity index (χ1n) is 6.03. The lowest BCUT2D eigenvalue weighted by Crippen LogP contribution is -2.16. The third-order valence-corrected chi connectivity index (χ3v) is 3.22. The third-order valence-electron chi connectivity index (χ3n) is 3.22. The molecule has 0 atom stereocenters. The fourth-order valence-electron chi connectivity index (χ4n) is 2.24. The molecular weight excluding hydrogens is 225 g/mol. The Balaban J connectivity index is 2.00. The van der Waals surface area contributed by atoms with E-state index in [1.807, 2.05) is 0 Å². The van der Waals surface area contributed by atoms with Gasteiger partial charge in [-0.25, -0.2) is 4.39 Å². The van der Waals surface area contributed by atoms with Gasteiger partial charge in [-0.05, 0) is 41.8 Å². The quantitative estimate of drug-likeness (QED) is 0.799. The number of halogens is 1. The Morgan fingerprint density at radius 1 is 1.06 bits per heavy atom. The van der Waals surface area contributed by atoms with E-state index < -0.39 is 0 Å². The lowest BCUT2D eigenvalue weighted by molar-refractivity contribution is 0.627. The molecule has 2 heteroatoms. The summed E-state index contributed by atoms with van der Waals surface area (Å²) < 4.78 is 12.9. The minimum Gasteiger partial charge on any atom is -0.380 e. The molecule has 1 heterocycles. The minimum absolute atomic E-state index is 0.203. The van der Waals surface area contributed by atoms with E-state index in [2.05, 4.69) is 36.5 Å². The highest BCUT2D eigenvalue weighted by Crippen LogP contribution is 2.24. The van der Waals surface area contributed by atoms with Gasteiger partial charge in [0, 0.05) is 12.2 Å². The summed E-state index contributed by atoms with van der Waals surface area (Å²) in [6, 6.07) is 13.0. The van der Waals surface area contributed by atoms with Gasteiger partial charge in [-0.1, -0.05) is 35.9 Å². The van der Waals surface area contributed by atoms with Crippen molar-refractivity contribution in [1.29, 1.82) is 0 Å². The van der Waals surface area contributed by atoms with Crippen LogP contribution in [-0.2, 0) is 6.54 Å². The Bertz CT molecular complexity index is 611. The second kappa shape index (κ2) is 4.30. The van der Waals surface area contributed by atoms with Crippen molar-refractivity contribution in [2.75, 3.05) is 0 Å². The highest BCUT2D eigenvalue weighted by molar-refractivity contribution is 5.83. The molecule has 1 N–H and O–H groups in total. The Morgan fingerprint density at radius 2 is 1.83 bits per heavy atom. The smallest absolute Gasteiger partial charge is 0.123 e. The molecule has 0 amide bonds. The zero-order chi connectivity index (χ0) is 12.5. The standard InChI is InChI=1S/C16H14FN/c1-11-2-3-13-9-16(18-10-14(13)8-11)12-4-6-15(17)7-5-12/h2-9,18H,10H2,1H3. The van der Waals surface area contributed by atoms with Gasteiger partial charge in [-0.3, -0.25) is 0 Å². The lowest BCUT2D eigenvalue weighted by atomic mass is 9.98. The van der Waals surface area contributed by atoms with Crippen LogP contribution in [0.4, 0.5) is 4.39 Å². The molecule has 2 aromatic carbocycles. The van der Waals surface area contributed by atoms with E-state index in [1.165, 1.54) is 28.8 Å². The van der Waals surface area contributed by atoms with Crippen molar-refractivity contribution in [3.8, 4) is 0 Å². The topological polar surface area (TPSA) is 12.0 Å². The Hall–Kier alpha value is -2.09. The van der Waals surface area contributed by atoms with Crippen molar-refractivity contribution in [2.24, 2.45) is 0 Å². The van der Waals surface area contributed by atoms with Gasteiger partial charge >= 0.3 is 0 Å². The summed E-state index contributed by atoms with van der Waals surface area (Å²) in [4.78, 5) is 0. The van der Waals surface area contributed by atoms with Gasteiger partial charge in [0.05, 0.1) is 0 Å². The molecule has 3 rings (SSSR count). The predicted molar refractivity (Wildman–Crippen MR) is 72.3 cm³/mol. The predicted octanol–water partition coefficient (Wildman–Crippen LogP) is 3.74. The fourth-order valence-corrected chi connectivity index (χ4v) is 2.24. The molecule has 90 valence electrons. The zero-order valence-corrected chi connectivity index (χ0v) is 10.2. The summed E-state index contributed by atoms with van der Waals surface area (Å²) in [6.45, 7) is 2.92. The van der Waals surface area contributed by atoms with Gasteiger partial charge in [-0.15, -0.1) is 0 Å². The highest BCUT2D eigenvalue weighted by atomic mass is 19.1.